The van der Waals surface area contributed by atoms with Crippen LogP contribution in [-0.2, 0) is 6.54 Å². The summed E-state index contributed by atoms with van der Waals surface area (Å²) in [5, 5.41) is 11.8. The number of rotatable bonds is 4. The van der Waals surface area contributed by atoms with Crippen LogP contribution in [0.3, 0.4) is 0 Å². The predicted molar refractivity (Wildman–Crippen MR) is 113 cm³/mol. The fourth-order valence-electron chi connectivity index (χ4n) is 2.97. The van der Waals surface area contributed by atoms with E-state index < -0.39 is 0 Å². The highest BCUT2D eigenvalue weighted by molar-refractivity contribution is 8.14. The first kappa shape index (κ1) is 18.4. The Balaban J connectivity index is 1.57. The molecule has 7 nitrogen and oxygen atoms in total. The molecular formula is C20H20N6OS. The van der Waals surface area contributed by atoms with Gasteiger partial charge in [-0.2, -0.15) is 5.10 Å². The molecule has 8 heteroatoms. The number of amidine groups is 1. The number of nitrogens with one attached hydrogen (secondary N) is 1. The Morgan fingerprint density at radius 3 is 2.64 bits per heavy atom. The third kappa shape index (κ3) is 3.83. The summed E-state index contributed by atoms with van der Waals surface area (Å²) in [5.41, 5.74) is 3.92. The number of pyridine rings is 1. The zero-order valence-corrected chi connectivity index (χ0v) is 16.5. The predicted octanol–water partition coefficient (Wildman–Crippen LogP) is 2.63. The molecule has 28 heavy (non-hydrogen) atoms. The van der Waals surface area contributed by atoms with Gasteiger partial charge in [0.05, 0.1) is 11.4 Å². The minimum absolute atomic E-state index is 0.273. The molecule has 3 aromatic rings. The lowest BCUT2D eigenvalue weighted by molar-refractivity contribution is 0.0972. The van der Waals surface area contributed by atoms with E-state index in [4.69, 9.17) is 0 Å². The van der Waals surface area contributed by atoms with Crippen molar-refractivity contribution in [2.45, 2.75) is 6.54 Å². The van der Waals surface area contributed by atoms with Crippen molar-refractivity contribution in [1.82, 2.24) is 19.6 Å². The van der Waals surface area contributed by atoms with Gasteiger partial charge in [0.2, 0.25) is 0 Å². The molecule has 3 heterocycles. The normalized spacial score (nSPS) is 14.1. The van der Waals surface area contributed by atoms with E-state index in [1.54, 1.807) is 0 Å². The molecular weight excluding hydrogens is 372 g/mol. The number of carbonyl (C=O) groups is 1. The van der Waals surface area contributed by atoms with Crippen LogP contribution in [0.1, 0.15) is 21.7 Å². The van der Waals surface area contributed by atoms with Crippen molar-refractivity contribution >= 4 is 34.2 Å². The number of benzene rings is 1. The van der Waals surface area contributed by atoms with Crippen LogP contribution in [0.2, 0.25) is 0 Å². The van der Waals surface area contributed by atoms with Crippen LogP contribution in [0.15, 0.2) is 64.9 Å². The molecule has 0 unspecified atom stereocenters. The molecule has 1 aliphatic rings. The molecule has 0 aliphatic carbocycles. The second-order valence-corrected chi connectivity index (χ2v) is 7.60. The number of nitrogens with zero attached hydrogens (tertiary/aromatic N) is 5. The van der Waals surface area contributed by atoms with Crippen LogP contribution in [0.25, 0.3) is 5.65 Å². The Labute approximate surface area is 167 Å². The zero-order valence-electron chi connectivity index (χ0n) is 15.7. The van der Waals surface area contributed by atoms with Crippen LogP contribution in [0, 0.1) is 0 Å². The largest absolute Gasteiger partial charge is 0.304 e. The Morgan fingerprint density at radius 1 is 1.14 bits per heavy atom. The zero-order chi connectivity index (χ0) is 19.5. The fourth-order valence-corrected chi connectivity index (χ4v) is 3.73. The van der Waals surface area contributed by atoms with Gasteiger partial charge in [-0.15, -0.1) is 5.10 Å². The first-order chi connectivity index (χ1) is 13.6. The Hall–Kier alpha value is -2.97. The van der Waals surface area contributed by atoms with Gasteiger partial charge in [-0.25, -0.2) is 4.98 Å². The molecule has 0 radical (unpaired) electrons. The quantitative estimate of drug-likeness (QED) is 0.741. The van der Waals surface area contributed by atoms with E-state index in [2.05, 4.69) is 20.5 Å². The van der Waals surface area contributed by atoms with E-state index >= 15 is 0 Å². The van der Waals surface area contributed by atoms with Crippen molar-refractivity contribution < 1.29 is 4.79 Å². The average molecular weight is 392 g/mol. The molecule has 0 atom stereocenters. The lowest BCUT2D eigenvalue weighted by Crippen LogP contribution is -2.32. The molecule has 0 bridgehead atoms. The smallest absolute Gasteiger partial charge is 0.277 e. The van der Waals surface area contributed by atoms with Gasteiger partial charge in [0, 0.05) is 18.5 Å². The molecule has 1 aromatic carbocycles. The molecule has 1 aliphatic heterocycles. The van der Waals surface area contributed by atoms with Crippen molar-refractivity contribution in [2.24, 2.45) is 10.2 Å². The van der Waals surface area contributed by atoms with Crippen LogP contribution in [-0.4, -0.2) is 50.9 Å². The second kappa shape index (κ2) is 7.95. The van der Waals surface area contributed by atoms with E-state index in [0.29, 0.717) is 23.2 Å². The minimum atomic E-state index is -0.273. The fraction of sp³-hybridized carbons (Fsp3) is 0.200. The first-order valence-corrected chi connectivity index (χ1v) is 9.85. The number of amides is 1. The maximum absolute atomic E-state index is 12.9. The van der Waals surface area contributed by atoms with Gasteiger partial charge in [0.1, 0.15) is 5.65 Å². The van der Waals surface area contributed by atoms with Crippen molar-refractivity contribution in [3.63, 3.8) is 0 Å². The summed E-state index contributed by atoms with van der Waals surface area (Å²) in [5.74, 6) is 0.379. The van der Waals surface area contributed by atoms with E-state index in [9.17, 15) is 4.79 Å². The SMILES string of the molecule is CN(C)Cc1c(C(=O)NC2=NN=C(c3ccccc3)CS2)nc2ccccn12. The summed E-state index contributed by atoms with van der Waals surface area (Å²) < 4.78 is 1.94. The van der Waals surface area contributed by atoms with Gasteiger partial charge in [-0.3, -0.25) is 10.1 Å². The average Bonchev–Trinajstić information content (AvgIpc) is 3.07. The third-order valence-electron chi connectivity index (χ3n) is 4.24. The molecule has 1 N–H and O–H groups in total. The molecule has 0 spiro atoms. The number of fused-ring (bicyclic) bond motifs is 1. The Kier molecular flexibility index (Phi) is 5.23. The number of imidazole rings is 1. The molecule has 4 rings (SSSR count). The van der Waals surface area contributed by atoms with Crippen LogP contribution >= 0.6 is 11.8 Å². The Morgan fingerprint density at radius 2 is 1.93 bits per heavy atom. The maximum atomic E-state index is 12.9. The lowest BCUT2D eigenvalue weighted by Gasteiger charge is -2.14. The number of aromatic nitrogens is 2. The van der Waals surface area contributed by atoms with Crippen LogP contribution < -0.4 is 5.32 Å². The molecule has 1 amide bonds. The summed E-state index contributed by atoms with van der Waals surface area (Å²) in [6.07, 6.45) is 1.92. The van der Waals surface area contributed by atoms with Crippen LogP contribution in [0.4, 0.5) is 0 Å². The monoisotopic (exact) mass is 392 g/mol. The topological polar surface area (TPSA) is 74.4 Å². The molecule has 0 saturated carbocycles. The number of hydrogen-bond acceptors (Lipinski definition) is 6. The molecule has 0 fully saturated rings. The van der Waals surface area contributed by atoms with E-state index in [-0.39, 0.29) is 5.91 Å². The highest BCUT2D eigenvalue weighted by atomic mass is 32.2. The summed E-state index contributed by atoms with van der Waals surface area (Å²) in [6, 6.07) is 15.6. The number of carbonyl (C=O) groups excluding carboxylic acids is 1. The van der Waals surface area contributed by atoms with Gasteiger partial charge >= 0.3 is 0 Å². The highest BCUT2D eigenvalue weighted by Gasteiger charge is 2.22. The molecule has 2 aromatic heterocycles. The van der Waals surface area contributed by atoms with E-state index in [1.165, 1.54) is 11.8 Å². The lowest BCUT2D eigenvalue weighted by atomic mass is 10.1. The van der Waals surface area contributed by atoms with Gasteiger partial charge < -0.3 is 9.30 Å². The van der Waals surface area contributed by atoms with Crippen LogP contribution in [0.5, 0.6) is 0 Å². The van der Waals surface area contributed by atoms with Crippen molar-refractivity contribution in [3.8, 4) is 0 Å². The number of hydrogen-bond donors (Lipinski definition) is 1. The standard InChI is InChI=1S/C20H20N6OS/c1-25(2)12-16-18(21-17-10-6-7-11-26(16)17)19(27)22-20-24-23-15(13-28-20)14-8-4-3-5-9-14/h3-11H,12-13H2,1-2H3,(H,22,24,27). The second-order valence-electron chi connectivity index (χ2n) is 6.63. The summed E-state index contributed by atoms with van der Waals surface area (Å²) >= 11 is 1.46. The van der Waals surface area contributed by atoms with E-state index in [1.807, 2.05) is 78.1 Å². The third-order valence-corrected chi connectivity index (χ3v) is 5.12. The van der Waals surface area contributed by atoms with Gasteiger partial charge in [-0.05, 0) is 31.8 Å². The Bertz CT molecular complexity index is 1070. The minimum Gasteiger partial charge on any atom is -0.304 e. The van der Waals surface area contributed by atoms with Gasteiger partial charge in [0.15, 0.2) is 10.9 Å². The van der Waals surface area contributed by atoms with Gasteiger partial charge in [-0.1, -0.05) is 48.2 Å². The number of thioether (sulfide) groups is 1. The van der Waals surface area contributed by atoms with Gasteiger partial charge in [0.25, 0.3) is 5.91 Å². The van der Waals surface area contributed by atoms with E-state index in [0.717, 1.165) is 22.6 Å². The van der Waals surface area contributed by atoms with Crippen molar-refractivity contribution in [3.05, 3.63) is 71.7 Å². The summed E-state index contributed by atoms with van der Waals surface area (Å²) in [6.45, 7) is 0.601. The summed E-state index contributed by atoms with van der Waals surface area (Å²) in [7, 11) is 3.93. The molecule has 0 saturated heterocycles. The highest BCUT2D eigenvalue weighted by Crippen LogP contribution is 2.17. The molecule has 142 valence electrons. The summed E-state index contributed by atoms with van der Waals surface area (Å²) in [4.78, 5) is 19.4. The first-order valence-electron chi connectivity index (χ1n) is 8.86. The van der Waals surface area contributed by atoms with Crippen molar-refractivity contribution in [1.29, 1.82) is 0 Å². The van der Waals surface area contributed by atoms with Crippen molar-refractivity contribution in [2.75, 3.05) is 19.8 Å². The maximum Gasteiger partial charge on any atom is 0.277 e.